The average Bonchev–Trinajstić information content (AvgIpc) is 2.77. The van der Waals surface area contributed by atoms with Gasteiger partial charge in [0.1, 0.15) is 0 Å². The molecule has 0 unspecified atom stereocenters. The summed E-state index contributed by atoms with van der Waals surface area (Å²) in [6, 6.07) is 9.21. The van der Waals surface area contributed by atoms with Gasteiger partial charge in [-0.3, -0.25) is 4.79 Å². The van der Waals surface area contributed by atoms with Crippen molar-refractivity contribution < 1.29 is 4.79 Å². The highest BCUT2D eigenvalue weighted by Crippen LogP contribution is 2.12. The second-order valence-corrected chi connectivity index (χ2v) is 3.54. The third-order valence-electron chi connectivity index (χ3n) is 2.43. The van der Waals surface area contributed by atoms with E-state index >= 15 is 0 Å². The Morgan fingerprint density at radius 1 is 1.44 bits per heavy atom. The minimum Gasteiger partial charge on any atom is -0.325 e. The maximum Gasteiger partial charge on any atom is 0.159 e. The minimum atomic E-state index is 0.0447. The number of carbonyl (C=O) groups excluding carboxylic acids is 1. The van der Waals surface area contributed by atoms with Crippen molar-refractivity contribution in [3.8, 4) is 5.69 Å². The van der Waals surface area contributed by atoms with E-state index in [1.165, 1.54) is 0 Å². The zero-order valence-corrected chi connectivity index (χ0v) is 9.05. The Morgan fingerprint density at radius 3 is 2.94 bits per heavy atom. The predicted octanol–water partition coefficient (Wildman–Crippen LogP) is 1.53. The molecule has 0 fully saturated rings. The molecule has 16 heavy (non-hydrogen) atoms. The molecule has 82 valence electrons. The standard InChI is InChI=1S/C12H13N3O/c1-9(16)10-3-2-4-11(7-10)15-12(8-13)5-6-14-15/h2-7H,8,13H2,1H3. The zero-order chi connectivity index (χ0) is 11.5. The first-order valence-corrected chi connectivity index (χ1v) is 5.06. The minimum absolute atomic E-state index is 0.0447. The molecule has 4 heteroatoms. The molecule has 2 N–H and O–H groups in total. The van der Waals surface area contributed by atoms with Gasteiger partial charge in [0.2, 0.25) is 0 Å². The van der Waals surface area contributed by atoms with E-state index in [4.69, 9.17) is 5.73 Å². The van der Waals surface area contributed by atoms with Crippen molar-refractivity contribution in [3.63, 3.8) is 0 Å². The van der Waals surface area contributed by atoms with Crippen LogP contribution in [0.4, 0.5) is 0 Å². The third kappa shape index (κ3) is 1.87. The molecule has 0 radical (unpaired) electrons. The molecule has 0 aliphatic carbocycles. The number of nitrogens with two attached hydrogens (primary N) is 1. The fraction of sp³-hybridized carbons (Fsp3) is 0.167. The molecule has 0 spiro atoms. The van der Waals surface area contributed by atoms with Gasteiger partial charge in [-0.2, -0.15) is 5.10 Å². The lowest BCUT2D eigenvalue weighted by Gasteiger charge is -2.06. The molecule has 0 amide bonds. The van der Waals surface area contributed by atoms with Crippen LogP contribution in [0.3, 0.4) is 0 Å². The number of rotatable bonds is 3. The summed E-state index contributed by atoms with van der Waals surface area (Å²) in [6.07, 6.45) is 1.70. The van der Waals surface area contributed by atoms with E-state index in [0.717, 1.165) is 11.4 Å². The zero-order valence-electron chi connectivity index (χ0n) is 9.05. The van der Waals surface area contributed by atoms with Crippen molar-refractivity contribution in [1.29, 1.82) is 0 Å². The number of hydrogen-bond donors (Lipinski definition) is 1. The fourth-order valence-corrected chi connectivity index (χ4v) is 1.57. The van der Waals surface area contributed by atoms with Crippen molar-refractivity contribution in [2.45, 2.75) is 13.5 Å². The molecular formula is C12H13N3O. The highest BCUT2D eigenvalue weighted by Gasteiger charge is 2.05. The van der Waals surface area contributed by atoms with Gasteiger partial charge in [0.05, 0.1) is 11.4 Å². The highest BCUT2D eigenvalue weighted by atomic mass is 16.1. The Balaban J connectivity index is 2.48. The fourth-order valence-electron chi connectivity index (χ4n) is 1.57. The first kappa shape index (κ1) is 10.6. The van der Waals surface area contributed by atoms with Gasteiger partial charge in [0, 0.05) is 18.3 Å². The molecule has 0 atom stereocenters. The summed E-state index contributed by atoms with van der Waals surface area (Å²) in [5, 5.41) is 4.18. The largest absolute Gasteiger partial charge is 0.325 e. The molecule has 0 aliphatic heterocycles. The molecule has 0 saturated heterocycles. The van der Waals surface area contributed by atoms with Crippen LogP contribution < -0.4 is 5.73 Å². The molecule has 1 aromatic carbocycles. The van der Waals surface area contributed by atoms with Crippen LogP contribution in [0.2, 0.25) is 0 Å². The van der Waals surface area contributed by atoms with Crippen LogP contribution in [0.25, 0.3) is 5.69 Å². The molecule has 4 nitrogen and oxygen atoms in total. The Kier molecular flexibility index (Phi) is 2.83. The van der Waals surface area contributed by atoms with E-state index in [2.05, 4.69) is 5.10 Å². The lowest BCUT2D eigenvalue weighted by molar-refractivity contribution is 0.101. The van der Waals surface area contributed by atoms with Crippen molar-refractivity contribution in [3.05, 3.63) is 47.8 Å². The van der Waals surface area contributed by atoms with Crippen LogP contribution >= 0.6 is 0 Å². The quantitative estimate of drug-likeness (QED) is 0.790. The average molecular weight is 215 g/mol. The van der Waals surface area contributed by atoms with Gasteiger partial charge >= 0.3 is 0 Å². The predicted molar refractivity (Wildman–Crippen MR) is 61.5 cm³/mol. The van der Waals surface area contributed by atoms with Crippen molar-refractivity contribution >= 4 is 5.78 Å². The van der Waals surface area contributed by atoms with Crippen molar-refractivity contribution in [2.75, 3.05) is 0 Å². The summed E-state index contributed by atoms with van der Waals surface area (Å²) >= 11 is 0. The van der Waals surface area contributed by atoms with Gasteiger partial charge in [-0.05, 0) is 25.1 Å². The van der Waals surface area contributed by atoms with E-state index < -0.39 is 0 Å². The lowest BCUT2D eigenvalue weighted by atomic mass is 10.1. The second kappa shape index (κ2) is 4.28. The lowest BCUT2D eigenvalue weighted by Crippen LogP contribution is -2.07. The number of nitrogens with zero attached hydrogens (tertiary/aromatic N) is 2. The van der Waals surface area contributed by atoms with E-state index in [0.29, 0.717) is 12.1 Å². The summed E-state index contributed by atoms with van der Waals surface area (Å²) < 4.78 is 1.74. The Hall–Kier alpha value is -1.94. The van der Waals surface area contributed by atoms with Gasteiger partial charge in [-0.25, -0.2) is 4.68 Å². The summed E-state index contributed by atoms with van der Waals surface area (Å²) in [4.78, 5) is 11.3. The van der Waals surface area contributed by atoms with Crippen LogP contribution in [0.5, 0.6) is 0 Å². The molecule has 1 aromatic heterocycles. The van der Waals surface area contributed by atoms with E-state index in [1.54, 1.807) is 23.9 Å². The van der Waals surface area contributed by atoms with Gasteiger partial charge in [-0.15, -0.1) is 0 Å². The number of hydrogen-bond acceptors (Lipinski definition) is 3. The number of benzene rings is 1. The molecular weight excluding hydrogens is 202 g/mol. The topological polar surface area (TPSA) is 60.9 Å². The first-order valence-electron chi connectivity index (χ1n) is 5.06. The van der Waals surface area contributed by atoms with Gasteiger partial charge in [0.15, 0.2) is 5.78 Å². The first-order chi connectivity index (χ1) is 7.72. The molecule has 0 bridgehead atoms. The molecule has 1 heterocycles. The monoisotopic (exact) mass is 215 g/mol. The second-order valence-electron chi connectivity index (χ2n) is 3.54. The van der Waals surface area contributed by atoms with Gasteiger partial charge < -0.3 is 5.73 Å². The molecule has 0 aliphatic rings. The highest BCUT2D eigenvalue weighted by molar-refractivity contribution is 5.94. The SMILES string of the molecule is CC(=O)c1cccc(-n2nccc2CN)c1. The van der Waals surface area contributed by atoms with E-state index in [1.807, 2.05) is 24.3 Å². The van der Waals surface area contributed by atoms with E-state index in [-0.39, 0.29) is 5.78 Å². The number of ketones is 1. The molecule has 2 rings (SSSR count). The summed E-state index contributed by atoms with van der Waals surface area (Å²) in [5.74, 6) is 0.0447. The van der Waals surface area contributed by atoms with Gasteiger partial charge in [0.25, 0.3) is 0 Å². The Morgan fingerprint density at radius 2 is 2.25 bits per heavy atom. The van der Waals surface area contributed by atoms with Crippen LogP contribution in [0.1, 0.15) is 23.0 Å². The van der Waals surface area contributed by atoms with Crippen molar-refractivity contribution in [1.82, 2.24) is 9.78 Å². The number of aromatic nitrogens is 2. The van der Waals surface area contributed by atoms with Crippen LogP contribution in [0.15, 0.2) is 36.5 Å². The smallest absolute Gasteiger partial charge is 0.159 e. The van der Waals surface area contributed by atoms with Crippen LogP contribution in [0, 0.1) is 0 Å². The maximum absolute atomic E-state index is 11.3. The Bertz CT molecular complexity index is 516. The summed E-state index contributed by atoms with van der Waals surface area (Å²) in [7, 11) is 0. The summed E-state index contributed by atoms with van der Waals surface area (Å²) in [5.41, 5.74) is 8.06. The summed E-state index contributed by atoms with van der Waals surface area (Å²) in [6.45, 7) is 1.97. The van der Waals surface area contributed by atoms with Gasteiger partial charge in [-0.1, -0.05) is 12.1 Å². The van der Waals surface area contributed by atoms with Crippen LogP contribution in [-0.4, -0.2) is 15.6 Å². The number of Topliss-reactive ketones (excluding diaryl/α,β-unsaturated/α-hetero) is 1. The maximum atomic E-state index is 11.3. The number of carbonyl (C=O) groups is 1. The van der Waals surface area contributed by atoms with E-state index in [9.17, 15) is 4.79 Å². The molecule has 0 saturated carbocycles. The molecule has 2 aromatic rings. The normalized spacial score (nSPS) is 10.4. The Labute approximate surface area is 93.7 Å². The third-order valence-corrected chi connectivity index (χ3v) is 2.43. The van der Waals surface area contributed by atoms with Crippen LogP contribution in [-0.2, 0) is 6.54 Å². The van der Waals surface area contributed by atoms with Crippen molar-refractivity contribution in [2.24, 2.45) is 5.73 Å².